The summed E-state index contributed by atoms with van der Waals surface area (Å²) in [5.41, 5.74) is 1.12. The fraction of sp³-hybridized carbons (Fsp3) is 0.375. The summed E-state index contributed by atoms with van der Waals surface area (Å²) in [4.78, 5) is 16.4. The first-order chi connectivity index (χ1) is 10.9. The molecule has 1 atom stereocenters. The third-order valence-electron chi connectivity index (χ3n) is 3.33. The predicted molar refractivity (Wildman–Crippen MR) is 91.8 cm³/mol. The van der Waals surface area contributed by atoms with Crippen molar-refractivity contribution in [3.05, 3.63) is 51.0 Å². The van der Waals surface area contributed by atoms with E-state index in [1.54, 1.807) is 35.8 Å². The van der Waals surface area contributed by atoms with Gasteiger partial charge in [0.2, 0.25) is 0 Å². The van der Waals surface area contributed by atoms with Crippen LogP contribution in [0.4, 0.5) is 0 Å². The van der Waals surface area contributed by atoms with E-state index in [0.29, 0.717) is 21.0 Å². The first kappa shape index (κ1) is 18.0. The number of aliphatic hydroxyl groups excluding tert-OH is 1. The lowest BCUT2D eigenvalue weighted by Gasteiger charge is -2.19. The highest BCUT2D eigenvalue weighted by atomic mass is 79.9. The Morgan fingerprint density at radius 1 is 1.39 bits per heavy atom. The number of esters is 1. The summed E-state index contributed by atoms with van der Waals surface area (Å²) < 4.78 is 7.29. The summed E-state index contributed by atoms with van der Waals surface area (Å²) >= 11 is 9.24. The zero-order valence-electron chi connectivity index (χ0n) is 13.1. The maximum atomic E-state index is 12.2. The minimum atomic E-state index is -1.02. The van der Waals surface area contributed by atoms with Crippen LogP contribution in [0.3, 0.4) is 0 Å². The molecule has 0 spiro atoms. The molecule has 0 aliphatic carbocycles. The van der Waals surface area contributed by atoms with Crippen LogP contribution in [0.25, 0.3) is 0 Å². The molecule has 0 aliphatic heterocycles. The maximum Gasteiger partial charge on any atom is 0.358 e. The van der Waals surface area contributed by atoms with Crippen molar-refractivity contribution in [2.45, 2.75) is 32.9 Å². The van der Waals surface area contributed by atoms with Gasteiger partial charge in [-0.3, -0.25) is 0 Å². The fourth-order valence-corrected chi connectivity index (χ4v) is 3.23. The highest BCUT2D eigenvalue weighted by molar-refractivity contribution is 9.10. The van der Waals surface area contributed by atoms with E-state index in [1.807, 2.05) is 13.8 Å². The lowest BCUT2D eigenvalue weighted by atomic mass is 10.0. The number of nitrogens with zero attached hydrogens (tertiary/aromatic N) is 2. The molecule has 124 valence electrons. The molecule has 1 N–H and O–H groups in total. The summed E-state index contributed by atoms with van der Waals surface area (Å²) in [7, 11) is 0. The Labute approximate surface area is 148 Å². The molecule has 7 heteroatoms. The number of hydrogen-bond acceptors (Lipinski definition) is 4. The summed E-state index contributed by atoms with van der Waals surface area (Å²) in [6.07, 6.45) is -1.02. The van der Waals surface area contributed by atoms with Crippen LogP contribution < -0.4 is 0 Å². The van der Waals surface area contributed by atoms with E-state index in [-0.39, 0.29) is 18.3 Å². The third kappa shape index (κ3) is 3.76. The van der Waals surface area contributed by atoms with Crippen molar-refractivity contribution in [3.63, 3.8) is 0 Å². The van der Waals surface area contributed by atoms with Gasteiger partial charge in [-0.15, -0.1) is 0 Å². The van der Waals surface area contributed by atoms with E-state index in [2.05, 4.69) is 20.9 Å². The van der Waals surface area contributed by atoms with Crippen LogP contribution in [0.2, 0.25) is 5.02 Å². The number of benzene rings is 1. The molecule has 2 aromatic rings. The van der Waals surface area contributed by atoms with Gasteiger partial charge >= 0.3 is 5.97 Å². The van der Waals surface area contributed by atoms with Crippen LogP contribution in [0, 0.1) is 0 Å². The Morgan fingerprint density at radius 3 is 2.52 bits per heavy atom. The van der Waals surface area contributed by atoms with Gasteiger partial charge in [0.15, 0.2) is 10.4 Å². The molecule has 0 saturated heterocycles. The number of carbonyl (C=O) groups is 1. The van der Waals surface area contributed by atoms with Gasteiger partial charge in [0.25, 0.3) is 0 Å². The van der Waals surface area contributed by atoms with Gasteiger partial charge in [-0.25, -0.2) is 9.78 Å². The second kappa shape index (κ2) is 7.47. The highest BCUT2D eigenvalue weighted by Crippen LogP contribution is 2.32. The van der Waals surface area contributed by atoms with E-state index < -0.39 is 12.1 Å². The highest BCUT2D eigenvalue weighted by Gasteiger charge is 2.29. The Balaban J connectivity index is 2.57. The molecule has 0 bridgehead atoms. The molecule has 0 unspecified atom stereocenters. The third-order valence-corrected chi connectivity index (χ3v) is 4.15. The Kier molecular flexibility index (Phi) is 5.84. The molecule has 1 heterocycles. The summed E-state index contributed by atoms with van der Waals surface area (Å²) in [6, 6.07) is 6.81. The number of carbonyl (C=O) groups excluding carboxylic acids is 1. The van der Waals surface area contributed by atoms with E-state index >= 15 is 0 Å². The molecule has 1 aromatic heterocycles. The average Bonchev–Trinajstić information content (AvgIpc) is 2.85. The molecule has 1 aromatic carbocycles. The standard InChI is InChI=1S/C16H18BrClN2O3/c1-4-23-15(22)12-13(20(9(2)3)16(17)19-12)14(21)10-5-7-11(18)8-6-10/h5-9,14,21H,4H2,1-3H3/t14-/m0/s1. The quantitative estimate of drug-likeness (QED) is 0.765. The number of rotatable bonds is 5. The summed E-state index contributed by atoms with van der Waals surface area (Å²) in [6.45, 7) is 5.85. The van der Waals surface area contributed by atoms with Gasteiger partial charge in [0, 0.05) is 11.1 Å². The van der Waals surface area contributed by atoms with E-state index in [1.165, 1.54) is 0 Å². The lowest BCUT2D eigenvalue weighted by molar-refractivity contribution is 0.0513. The lowest BCUT2D eigenvalue weighted by Crippen LogP contribution is -2.16. The minimum Gasteiger partial charge on any atom is -0.461 e. The average molecular weight is 402 g/mol. The monoisotopic (exact) mass is 400 g/mol. The van der Waals surface area contributed by atoms with Crippen molar-refractivity contribution in [3.8, 4) is 0 Å². The predicted octanol–water partition coefficient (Wildman–Crippen LogP) is 4.14. The normalized spacial score (nSPS) is 12.5. The van der Waals surface area contributed by atoms with Crippen LogP contribution >= 0.6 is 27.5 Å². The Bertz CT molecular complexity index is 698. The Hall–Kier alpha value is -1.37. The van der Waals surface area contributed by atoms with Crippen molar-refractivity contribution in [2.75, 3.05) is 6.61 Å². The first-order valence-electron chi connectivity index (χ1n) is 7.25. The van der Waals surface area contributed by atoms with Gasteiger partial charge in [0.1, 0.15) is 6.10 Å². The SMILES string of the molecule is CCOC(=O)c1nc(Br)n(C(C)C)c1[C@@H](O)c1ccc(Cl)cc1. The minimum absolute atomic E-state index is 0.00278. The number of aromatic nitrogens is 2. The molecule has 5 nitrogen and oxygen atoms in total. The zero-order chi connectivity index (χ0) is 17.1. The molecule has 2 rings (SSSR count). The number of aliphatic hydroxyl groups is 1. The van der Waals surface area contributed by atoms with Crippen LogP contribution in [0.1, 0.15) is 54.7 Å². The second-order valence-electron chi connectivity index (χ2n) is 5.25. The van der Waals surface area contributed by atoms with Crippen molar-refractivity contribution >= 4 is 33.5 Å². The van der Waals surface area contributed by atoms with Crippen molar-refractivity contribution < 1.29 is 14.6 Å². The molecule has 23 heavy (non-hydrogen) atoms. The summed E-state index contributed by atoms with van der Waals surface area (Å²) in [5, 5.41) is 11.4. The molecular weight excluding hydrogens is 384 g/mol. The van der Waals surface area contributed by atoms with Gasteiger partial charge < -0.3 is 14.4 Å². The zero-order valence-corrected chi connectivity index (χ0v) is 15.4. The van der Waals surface area contributed by atoms with Gasteiger partial charge in [-0.2, -0.15) is 0 Å². The van der Waals surface area contributed by atoms with Gasteiger partial charge in [-0.1, -0.05) is 23.7 Å². The maximum absolute atomic E-state index is 12.2. The molecular formula is C16H18BrClN2O3. The molecule has 0 saturated carbocycles. The smallest absolute Gasteiger partial charge is 0.358 e. The van der Waals surface area contributed by atoms with E-state index in [4.69, 9.17) is 16.3 Å². The molecule has 0 amide bonds. The van der Waals surface area contributed by atoms with Gasteiger partial charge in [-0.05, 0) is 54.4 Å². The molecule has 0 fully saturated rings. The van der Waals surface area contributed by atoms with Crippen LogP contribution in [0.5, 0.6) is 0 Å². The fourth-order valence-electron chi connectivity index (χ4n) is 2.32. The van der Waals surface area contributed by atoms with E-state index in [9.17, 15) is 9.90 Å². The van der Waals surface area contributed by atoms with Crippen molar-refractivity contribution in [2.24, 2.45) is 0 Å². The number of halogens is 2. The summed E-state index contributed by atoms with van der Waals surface area (Å²) in [5.74, 6) is -0.560. The molecule has 0 radical (unpaired) electrons. The topological polar surface area (TPSA) is 64.3 Å². The van der Waals surface area contributed by atoms with Gasteiger partial charge in [0.05, 0.1) is 12.3 Å². The van der Waals surface area contributed by atoms with Crippen molar-refractivity contribution in [1.82, 2.24) is 9.55 Å². The van der Waals surface area contributed by atoms with Crippen molar-refractivity contribution in [1.29, 1.82) is 0 Å². The van der Waals surface area contributed by atoms with Crippen LogP contribution in [-0.2, 0) is 4.74 Å². The number of hydrogen-bond donors (Lipinski definition) is 1. The van der Waals surface area contributed by atoms with Crippen LogP contribution in [0.15, 0.2) is 29.0 Å². The largest absolute Gasteiger partial charge is 0.461 e. The number of ether oxygens (including phenoxy) is 1. The van der Waals surface area contributed by atoms with E-state index in [0.717, 1.165) is 0 Å². The Morgan fingerprint density at radius 2 is 2.00 bits per heavy atom. The second-order valence-corrected chi connectivity index (χ2v) is 6.40. The van der Waals surface area contributed by atoms with Crippen LogP contribution in [-0.4, -0.2) is 27.2 Å². The number of imidazole rings is 1. The molecule has 0 aliphatic rings. The first-order valence-corrected chi connectivity index (χ1v) is 8.42.